The Morgan fingerprint density at radius 3 is 1.41 bits per heavy atom. The van der Waals surface area contributed by atoms with Gasteiger partial charge in [-0.1, -0.05) is 151 Å². The first-order chi connectivity index (χ1) is 19.2. The number of ether oxygens (including phenoxy) is 1. The smallest absolute Gasteiger partial charge is 0.341 e. The number of unbranched alkanes of at least 4 members (excludes halogenated alkanes) is 7. The number of rotatable bonds is 14. The largest absolute Gasteiger partial charge is 0.494 e. The van der Waals surface area contributed by atoms with E-state index >= 15 is 0 Å². The van der Waals surface area contributed by atoms with Crippen molar-refractivity contribution in [2.24, 2.45) is 0 Å². The molecule has 3 rings (SSSR count). The zero-order chi connectivity index (χ0) is 30.1. The van der Waals surface area contributed by atoms with Crippen LogP contribution in [0.4, 0.5) is 0 Å². The maximum Gasteiger partial charge on any atom is 0.341 e. The zero-order valence-electron chi connectivity index (χ0n) is 21.8. The van der Waals surface area contributed by atoms with Crippen LogP contribution in [0.1, 0.15) is 63.0 Å². The molecule has 0 amide bonds. The van der Waals surface area contributed by atoms with Crippen LogP contribution in [0.3, 0.4) is 0 Å². The van der Waals surface area contributed by atoms with E-state index in [4.69, 9.17) is 108 Å². The maximum absolute atomic E-state index is 5.98. The van der Waals surface area contributed by atoms with Crippen molar-refractivity contribution < 1.29 is 4.74 Å². The van der Waals surface area contributed by atoms with Crippen molar-refractivity contribution in [2.45, 2.75) is 65.0 Å². The topological polar surface area (TPSA) is 47.9 Å². The van der Waals surface area contributed by atoms with E-state index in [9.17, 15) is 0 Å². The summed E-state index contributed by atoms with van der Waals surface area (Å²) in [4.78, 5) is 12.5. The van der Waals surface area contributed by atoms with Gasteiger partial charge in [-0.2, -0.15) is 0 Å². The fourth-order valence-corrected chi connectivity index (χ4v) is 6.35. The molecule has 0 aliphatic heterocycles. The van der Waals surface area contributed by atoms with Crippen LogP contribution in [0, 0.1) is 0 Å². The van der Waals surface area contributed by atoms with E-state index in [1.165, 1.54) is 25.7 Å². The number of aromatic nitrogens is 3. The quantitative estimate of drug-likeness (QED) is 0.0711. The first-order valence-corrected chi connectivity index (χ1v) is 20.5. The summed E-state index contributed by atoms with van der Waals surface area (Å²) < 4.78 is 2.09. The highest BCUT2D eigenvalue weighted by molar-refractivity contribution is 7.64. The van der Waals surface area contributed by atoms with Crippen LogP contribution in [-0.2, 0) is 7.59 Å². The van der Waals surface area contributed by atoms with Gasteiger partial charge in [-0.15, -0.1) is 33.2 Å². The minimum Gasteiger partial charge on any atom is -0.494 e. The molecule has 224 valence electrons. The number of hydrogen-bond acceptors (Lipinski definition) is 4. The number of halogens is 9. The maximum atomic E-state index is 5.98. The minimum absolute atomic E-state index is 0.139. The van der Waals surface area contributed by atoms with Crippen molar-refractivity contribution in [1.29, 1.82) is 0 Å². The van der Waals surface area contributed by atoms with Gasteiger partial charge < -0.3 is 4.74 Å². The molecule has 41 heavy (non-hydrogen) atoms. The van der Waals surface area contributed by atoms with Gasteiger partial charge in [0.2, 0.25) is 7.59 Å². The average molecular weight is 758 g/mol. The van der Waals surface area contributed by atoms with E-state index < -0.39 is 13.6 Å². The summed E-state index contributed by atoms with van der Waals surface area (Å²) in [5.74, 6) is 0.780. The van der Waals surface area contributed by atoms with E-state index in [1.54, 1.807) is 0 Å². The molecule has 0 radical (unpaired) electrons. The highest BCUT2D eigenvalue weighted by Crippen LogP contribution is 2.41. The summed E-state index contributed by atoms with van der Waals surface area (Å²) in [5.41, 5.74) is 2.66. The van der Waals surface area contributed by atoms with Crippen LogP contribution in [0.2, 0.25) is 6.04 Å². The third-order valence-corrected chi connectivity index (χ3v) is 9.73. The van der Waals surface area contributed by atoms with E-state index in [1.807, 2.05) is 48.5 Å². The fourth-order valence-electron chi connectivity index (χ4n) is 3.99. The molecular formula is C27H28Cl9N3OSi. The second kappa shape index (κ2) is 16.4. The molecule has 14 heteroatoms. The fraction of sp³-hybridized carbons (Fsp3) is 0.444. The minimum atomic E-state index is -2.45. The molecule has 1 aromatic heterocycles. The second-order valence-corrected chi connectivity index (χ2v) is 23.3. The van der Waals surface area contributed by atoms with Gasteiger partial charge in [0.15, 0.2) is 17.5 Å². The number of hydrogen-bond donors (Lipinski definition) is 0. The van der Waals surface area contributed by atoms with Gasteiger partial charge in [-0.25, -0.2) is 15.0 Å². The highest BCUT2D eigenvalue weighted by Gasteiger charge is 2.34. The van der Waals surface area contributed by atoms with Crippen molar-refractivity contribution >= 4 is 109 Å². The number of nitrogens with zero attached hydrogens (tertiary/aromatic N) is 3. The molecule has 0 saturated heterocycles. The summed E-state index contributed by atoms with van der Waals surface area (Å²) in [6.45, 7) is 0.695. The van der Waals surface area contributed by atoms with Crippen LogP contribution in [0.15, 0.2) is 48.5 Å². The van der Waals surface area contributed by atoms with Gasteiger partial charge in [-0.3, -0.25) is 0 Å². The number of benzene rings is 2. The van der Waals surface area contributed by atoms with E-state index in [0.717, 1.165) is 48.6 Å². The van der Waals surface area contributed by atoms with Gasteiger partial charge in [0, 0.05) is 5.56 Å². The average Bonchev–Trinajstić information content (AvgIpc) is 2.90. The van der Waals surface area contributed by atoms with Gasteiger partial charge >= 0.3 is 6.00 Å². The van der Waals surface area contributed by atoms with E-state index in [2.05, 4.69) is 15.0 Å². The van der Waals surface area contributed by atoms with Crippen LogP contribution in [0.5, 0.6) is 5.75 Å². The summed E-state index contributed by atoms with van der Waals surface area (Å²) in [7, 11) is 0. The van der Waals surface area contributed by atoms with Gasteiger partial charge in [0.05, 0.1) is 6.61 Å². The van der Waals surface area contributed by atoms with Crippen molar-refractivity contribution in [3.8, 4) is 28.3 Å². The van der Waals surface area contributed by atoms with Crippen LogP contribution in [-0.4, -0.2) is 27.6 Å². The van der Waals surface area contributed by atoms with E-state index in [0.29, 0.717) is 12.2 Å². The molecule has 0 saturated carbocycles. The molecule has 0 aliphatic carbocycles. The highest BCUT2D eigenvalue weighted by atomic mass is 35.8. The summed E-state index contributed by atoms with van der Waals surface area (Å²) in [6, 6.07) is 13.8. The predicted octanol–water partition coefficient (Wildman–Crippen LogP) is 12.0. The Morgan fingerprint density at radius 1 is 0.537 bits per heavy atom. The molecule has 4 nitrogen and oxygen atoms in total. The third-order valence-electron chi connectivity index (χ3n) is 6.10. The van der Waals surface area contributed by atoms with Gasteiger partial charge in [0.1, 0.15) is 5.75 Å². The molecule has 0 N–H and O–H groups in total. The van der Waals surface area contributed by atoms with Crippen LogP contribution >= 0.6 is 103 Å². The Balaban J connectivity index is 1.46. The SMILES string of the molecule is ClC(Cl)(Cl)c1nc(-c2ccc(-c3ccc(OCCCCCCCCCC[Si](Cl)(Cl)Cl)cc3)cc2)nc(C(Cl)(Cl)Cl)n1. The number of alkyl halides is 6. The van der Waals surface area contributed by atoms with Crippen molar-refractivity contribution in [2.75, 3.05) is 6.61 Å². The zero-order valence-corrected chi connectivity index (χ0v) is 29.6. The van der Waals surface area contributed by atoms with Gasteiger partial charge in [0.25, 0.3) is 0 Å². The molecule has 0 fully saturated rings. The third kappa shape index (κ3) is 12.9. The first kappa shape index (κ1) is 35.6. The first-order valence-electron chi connectivity index (χ1n) is 13.0. The summed E-state index contributed by atoms with van der Waals surface area (Å²) in [5, 5.41) is 0. The molecule has 0 atom stereocenters. The lowest BCUT2D eigenvalue weighted by atomic mass is 10.0. The lowest BCUT2D eigenvalue weighted by molar-refractivity contribution is 0.304. The normalized spacial score (nSPS) is 12.5. The molecule has 1 heterocycles. The Morgan fingerprint density at radius 2 is 0.951 bits per heavy atom. The monoisotopic (exact) mass is 753 g/mol. The Bertz CT molecular complexity index is 1200. The molecule has 0 spiro atoms. The Labute approximate surface area is 286 Å². The summed E-state index contributed by atoms with van der Waals surface area (Å²) >= 11 is 53.6. The molecule has 3 aromatic rings. The molecular weight excluding hydrogens is 729 g/mol. The van der Waals surface area contributed by atoms with Crippen molar-refractivity contribution in [3.63, 3.8) is 0 Å². The second-order valence-electron chi connectivity index (χ2n) is 9.45. The lowest BCUT2D eigenvalue weighted by Crippen LogP contribution is -2.16. The molecule has 0 unspecified atom stereocenters. The Hall–Kier alpha value is 0.0769. The standard InChI is InChI=1S/C27H28Cl9N3OSi/c28-26(29,30)24-37-23(38-25(39-24)27(31,32)33)21-11-9-19(10-12-21)20-13-15-22(16-14-20)40-17-7-5-3-1-2-4-6-8-18-41(34,35)36/h9-16H,1-8,17-18H2. The van der Waals surface area contributed by atoms with Crippen LogP contribution < -0.4 is 4.74 Å². The predicted molar refractivity (Wildman–Crippen MR) is 180 cm³/mol. The van der Waals surface area contributed by atoms with Crippen molar-refractivity contribution in [1.82, 2.24) is 15.0 Å². The molecule has 2 aromatic carbocycles. The van der Waals surface area contributed by atoms with Crippen LogP contribution in [0.25, 0.3) is 22.5 Å². The van der Waals surface area contributed by atoms with Gasteiger partial charge in [-0.05, 0) is 35.7 Å². The molecule has 0 bridgehead atoms. The van der Waals surface area contributed by atoms with E-state index in [-0.39, 0.29) is 17.5 Å². The summed E-state index contributed by atoms with van der Waals surface area (Å²) in [6.07, 6.45) is 9.20. The molecule has 0 aliphatic rings. The van der Waals surface area contributed by atoms with Crippen molar-refractivity contribution in [3.05, 3.63) is 60.2 Å². The lowest BCUT2D eigenvalue weighted by Gasteiger charge is -2.15. The Kier molecular flexibility index (Phi) is 14.2.